The minimum Gasteiger partial charge on any atom is -0.370 e. The number of amides is 1. The maximum atomic E-state index is 12.0. The van der Waals surface area contributed by atoms with Crippen LogP contribution < -0.4 is 10.6 Å². The van der Waals surface area contributed by atoms with Gasteiger partial charge in [-0.05, 0) is 37.6 Å². The Kier molecular flexibility index (Phi) is 4.07. The molecule has 2 heterocycles. The quantitative estimate of drug-likeness (QED) is 0.881. The van der Waals surface area contributed by atoms with Crippen LogP contribution in [0.1, 0.15) is 22.8 Å². The normalized spacial score (nSPS) is 10.0. The summed E-state index contributed by atoms with van der Waals surface area (Å²) in [5.41, 5.74) is 1.43. The van der Waals surface area contributed by atoms with E-state index in [1.54, 1.807) is 24.5 Å². The molecule has 0 bridgehead atoms. The van der Waals surface area contributed by atoms with E-state index in [1.807, 2.05) is 26.0 Å². The van der Waals surface area contributed by atoms with E-state index < -0.39 is 0 Å². The van der Waals surface area contributed by atoms with Crippen LogP contribution in [0, 0.1) is 6.92 Å². The van der Waals surface area contributed by atoms with Crippen LogP contribution in [-0.2, 0) is 0 Å². The predicted molar refractivity (Wildman–Crippen MR) is 75.3 cm³/mol. The smallest absolute Gasteiger partial charge is 0.258 e. The highest BCUT2D eigenvalue weighted by molar-refractivity contribution is 6.03. The molecule has 2 aromatic rings. The molecule has 0 aliphatic carbocycles. The molecule has 19 heavy (non-hydrogen) atoms. The van der Waals surface area contributed by atoms with Crippen LogP contribution in [0.2, 0.25) is 0 Å². The number of hydrogen-bond acceptors (Lipinski definition) is 4. The summed E-state index contributed by atoms with van der Waals surface area (Å²) in [4.78, 5) is 20.3. The van der Waals surface area contributed by atoms with Crippen LogP contribution in [0.15, 0.2) is 36.7 Å². The highest BCUT2D eigenvalue weighted by Gasteiger charge is 2.08. The Labute approximate surface area is 112 Å². The second-order valence-corrected chi connectivity index (χ2v) is 4.09. The number of aryl methyl sites for hydroxylation is 1. The molecule has 98 valence electrons. The zero-order chi connectivity index (χ0) is 13.7. The Balaban J connectivity index is 2.10. The molecule has 2 N–H and O–H groups in total. The minimum atomic E-state index is -0.211. The third-order valence-electron chi connectivity index (χ3n) is 2.62. The molecule has 0 aliphatic heterocycles. The number of pyridine rings is 2. The van der Waals surface area contributed by atoms with Gasteiger partial charge < -0.3 is 10.6 Å². The van der Waals surface area contributed by atoms with E-state index in [-0.39, 0.29) is 5.91 Å². The van der Waals surface area contributed by atoms with Gasteiger partial charge in [-0.3, -0.25) is 4.79 Å². The molecule has 0 spiro atoms. The molecule has 5 nitrogen and oxygen atoms in total. The summed E-state index contributed by atoms with van der Waals surface area (Å²) in [5, 5.41) is 5.84. The lowest BCUT2D eigenvalue weighted by molar-refractivity contribution is 0.102. The van der Waals surface area contributed by atoms with Crippen LogP contribution in [-0.4, -0.2) is 22.4 Å². The van der Waals surface area contributed by atoms with E-state index in [0.29, 0.717) is 11.4 Å². The molecule has 0 radical (unpaired) electrons. The van der Waals surface area contributed by atoms with Crippen molar-refractivity contribution in [2.75, 3.05) is 17.2 Å². The molecule has 0 atom stereocenters. The largest absolute Gasteiger partial charge is 0.370 e. The zero-order valence-electron chi connectivity index (χ0n) is 11.0. The van der Waals surface area contributed by atoms with Crippen molar-refractivity contribution in [3.63, 3.8) is 0 Å². The molecular weight excluding hydrogens is 240 g/mol. The van der Waals surface area contributed by atoms with Crippen molar-refractivity contribution in [1.82, 2.24) is 9.97 Å². The molecule has 1 amide bonds. The molecule has 0 aromatic carbocycles. The van der Waals surface area contributed by atoms with Crippen molar-refractivity contribution in [1.29, 1.82) is 0 Å². The number of anilines is 2. The summed E-state index contributed by atoms with van der Waals surface area (Å²) in [6.07, 6.45) is 3.20. The standard InChI is InChI=1S/C14H16N4O/c1-3-15-12-7-6-11(9-17-12)14(19)18-13-10(2)5-4-8-16-13/h4-9H,3H2,1-2H3,(H,15,17)(H,16,18,19). The van der Waals surface area contributed by atoms with Crippen molar-refractivity contribution in [2.24, 2.45) is 0 Å². The van der Waals surface area contributed by atoms with E-state index >= 15 is 0 Å². The maximum Gasteiger partial charge on any atom is 0.258 e. The Morgan fingerprint density at radius 1 is 1.26 bits per heavy atom. The topological polar surface area (TPSA) is 66.9 Å². The summed E-state index contributed by atoms with van der Waals surface area (Å²) < 4.78 is 0. The van der Waals surface area contributed by atoms with E-state index in [1.165, 1.54) is 0 Å². The van der Waals surface area contributed by atoms with E-state index in [9.17, 15) is 4.79 Å². The zero-order valence-corrected chi connectivity index (χ0v) is 11.0. The molecule has 0 fully saturated rings. The van der Waals surface area contributed by atoms with Crippen LogP contribution in [0.5, 0.6) is 0 Å². The summed E-state index contributed by atoms with van der Waals surface area (Å²) in [7, 11) is 0. The fourth-order valence-corrected chi connectivity index (χ4v) is 1.61. The number of carbonyl (C=O) groups is 1. The van der Waals surface area contributed by atoms with Crippen molar-refractivity contribution in [3.05, 3.63) is 47.8 Å². The first kappa shape index (κ1) is 13.0. The average Bonchev–Trinajstić information content (AvgIpc) is 2.42. The Hall–Kier alpha value is -2.43. The van der Waals surface area contributed by atoms with Crippen LogP contribution >= 0.6 is 0 Å². The Morgan fingerprint density at radius 3 is 2.74 bits per heavy atom. The highest BCUT2D eigenvalue weighted by atomic mass is 16.1. The lowest BCUT2D eigenvalue weighted by Crippen LogP contribution is -2.14. The van der Waals surface area contributed by atoms with Crippen LogP contribution in [0.4, 0.5) is 11.6 Å². The molecule has 0 aliphatic rings. The third-order valence-corrected chi connectivity index (χ3v) is 2.62. The van der Waals surface area contributed by atoms with Crippen molar-refractivity contribution >= 4 is 17.5 Å². The van der Waals surface area contributed by atoms with Gasteiger partial charge in [0.05, 0.1) is 5.56 Å². The SMILES string of the molecule is CCNc1ccc(C(=O)Nc2ncccc2C)cn1. The van der Waals surface area contributed by atoms with E-state index in [2.05, 4.69) is 20.6 Å². The number of hydrogen-bond donors (Lipinski definition) is 2. The number of carbonyl (C=O) groups excluding carboxylic acids is 1. The molecule has 2 aromatic heterocycles. The van der Waals surface area contributed by atoms with Crippen molar-refractivity contribution in [2.45, 2.75) is 13.8 Å². The van der Waals surface area contributed by atoms with Crippen LogP contribution in [0.3, 0.4) is 0 Å². The maximum absolute atomic E-state index is 12.0. The lowest BCUT2D eigenvalue weighted by Gasteiger charge is -2.07. The summed E-state index contributed by atoms with van der Waals surface area (Å²) >= 11 is 0. The van der Waals surface area contributed by atoms with Gasteiger partial charge >= 0.3 is 0 Å². The average molecular weight is 256 g/mol. The third kappa shape index (κ3) is 3.28. The minimum absolute atomic E-state index is 0.211. The second-order valence-electron chi connectivity index (χ2n) is 4.09. The number of aromatic nitrogens is 2. The fraction of sp³-hybridized carbons (Fsp3) is 0.214. The van der Waals surface area contributed by atoms with Gasteiger partial charge in [-0.2, -0.15) is 0 Å². The second kappa shape index (κ2) is 5.95. The number of nitrogens with zero attached hydrogens (tertiary/aromatic N) is 2. The van der Waals surface area contributed by atoms with Crippen LogP contribution in [0.25, 0.3) is 0 Å². The Bertz CT molecular complexity index is 566. The number of rotatable bonds is 4. The van der Waals surface area contributed by atoms with Gasteiger partial charge in [0.15, 0.2) is 0 Å². The fourth-order valence-electron chi connectivity index (χ4n) is 1.61. The van der Waals surface area contributed by atoms with Crippen molar-refractivity contribution in [3.8, 4) is 0 Å². The lowest BCUT2D eigenvalue weighted by atomic mass is 10.2. The van der Waals surface area contributed by atoms with Crippen molar-refractivity contribution < 1.29 is 4.79 Å². The molecule has 0 saturated carbocycles. The monoisotopic (exact) mass is 256 g/mol. The first-order valence-electron chi connectivity index (χ1n) is 6.13. The molecule has 0 saturated heterocycles. The molecule has 0 unspecified atom stereocenters. The molecule has 5 heteroatoms. The van der Waals surface area contributed by atoms with Gasteiger partial charge in [-0.1, -0.05) is 6.07 Å². The first-order valence-corrected chi connectivity index (χ1v) is 6.13. The van der Waals surface area contributed by atoms with Gasteiger partial charge in [-0.25, -0.2) is 9.97 Å². The summed E-state index contributed by atoms with van der Waals surface area (Å²) in [6.45, 7) is 4.69. The highest BCUT2D eigenvalue weighted by Crippen LogP contribution is 2.12. The van der Waals surface area contributed by atoms with Gasteiger partial charge in [0.2, 0.25) is 0 Å². The molecular formula is C14H16N4O. The summed E-state index contributed by atoms with van der Waals surface area (Å²) in [6, 6.07) is 7.25. The van der Waals surface area contributed by atoms with Gasteiger partial charge in [0, 0.05) is 18.9 Å². The van der Waals surface area contributed by atoms with Gasteiger partial charge in [0.1, 0.15) is 11.6 Å². The predicted octanol–water partition coefficient (Wildman–Crippen LogP) is 2.47. The molecule has 2 rings (SSSR count). The van der Waals surface area contributed by atoms with E-state index in [0.717, 1.165) is 17.9 Å². The summed E-state index contributed by atoms with van der Waals surface area (Å²) in [5.74, 6) is 1.12. The Morgan fingerprint density at radius 2 is 2.11 bits per heavy atom. The number of nitrogens with one attached hydrogen (secondary N) is 2. The van der Waals surface area contributed by atoms with Gasteiger partial charge in [-0.15, -0.1) is 0 Å². The van der Waals surface area contributed by atoms with Gasteiger partial charge in [0.25, 0.3) is 5.91 Å². The first-order chi connectivity index (χ1) is 9.20. The van der Waals surface area contributed by atoms with E-state index in [4.69, 9.17) is 0 Å².